The average molecular weight is 540 g/mol. The van der Waals surface area contributed by atoms with Gasteiger partial charge >= 0.3 is 0 Å². The van der Waals surface area contributed by atoms with Crippen LogP contribution in [0.25, 0.3) is 0 Å². The lowest BCUT2D eigenvalue weighted by Crippen LogP contribution is -2.30. The number of halogens is 1. The Morgan fingerprint density at radius 1 is 1.06 bits per heavy atom. The normalized spacial score (nSPS) is 11.7. The van der Waals surface area contributed by atoms with Gasteiger partial charge in [-0.25, -0.2) is 0 Å². The summed E-state index contributed by atoms with van der Waals surface area (Å²) >= 11 is 0. The van der Waals surface area contributed by atoms with Gasteiger partial charge in [-0.2, -0.15) is 0 Å². The zero-order valence-corrected chi connectivity index (χ0v) is 21.2. The van der Waals surface area contributed by atoms with Gasteiger partial charge in [-0.15, -0.1) is 24.0 Å². The first kappa shape index (κ1) is 26.5. The fourth-order valence-corrected chi connectivity index (χ4v) is 2.73. The highest BCUT2D eigenvalue weighted by Gasteiger charge is 2.11. The van der Waals surface area contributed by atoms with Gasteiger partial charge in [0, 0.05) is 37.0 Å². The number of carbonyl (C=O) groups excluding carboxylic acids is 1. The number of ether oxygens (including phenoxy) is 2. The van der Waals surface area contributed by atoms with E-state index in [2.05, 4.69) is 20.9 Å². The summed E-state index contributed by atoms with van der Waals surface area (Å²) in [7, 11) is 3.33. The van der Waals surface area contributed by atoms with Crippen molar-refractivity contribution in [2.24, 2.45) is 10.9 Å². The highest BCUT2D eigenvalue weighted by molar-refractivity contribution is 14.0. The van der Waals surface area contributed by atoms with Crippen LogP contribution in [0.4, 0.5) is 11.4 Å². The third kappa shape index (κ3) is 8.28. The van der Waals surface area contributed by atoms with Crippen LogP contribution in [-0.2, 0) is 11.3 Å². The molecule has 0 aliphatic rings. The van der Waals surface area contributed by atoms with Crippen molar-refractivity contribution in [2.45, 2.75) is 33.7 Å². The van der Waals surface area contributed by atoms with Crippen LogP contribution in [0.5, 0.6) is 11.5 Å². The molecule has 31 heavy (non-hydrogen) atoms. The van der Waals surface area contributed by atoms with E-state index in [4.69, 9.17) is 9.47 Å². The molecule has 1 unspecified atom stereocenters. The molecule has 0 radical (unpaired) electrons. The maximum atomic E-state index is 12.1. The first-order valence-electron chi connectivity index (χ1n) is 10.2. The number of carbonyl (C=O) groups is 1. The summed E-state index contributed by atoms with van der Waals surface area (Å²) in [6, 6.07) is 13.4. The highest BCUT2D eigenvalue weighted by Crippen LogP contribution is 2.30. The Hall–Kier alpha value is -2.49. The van der Waals surface area contributed by atoms with Gasteiger partial charge in [-0.3, -0.25) is 9.79 Å². The Labute approximate surface area is 202 Å². The molecule has 0 fully saturated rings. The second-order valence-electron chi connectivity index (χ2n) is 6.85. The van der Waals surface area contributed by atoms with Crippen LogP contribution >= 0.6 is 24.0 Å². The molecule has 170 valence electrons. The second kappa shape index (κ2) is 13.7. The number of hydrogen-bond donors (Lipinski definition) is 3. The van der Waals surface area contributed by atoms with Crippen LogP contribution in [0.15, 0.2) is 47.5 Å². The van der Waals surface area contributed by atoms with Gasteiger partial charge < -0.3 is 25.4 Å². The van der Waals surface area contributed by atoms with Crippen molar-refractivity contribution in [1.29, 1.82) is 0 Å². The minimum atomic E-state index is -0.0130. The summed E-state index contributed by atoms with van der Waals surface area (Å²) < 4.78 is 10.9. The molecule has 3 N–H and O–H groups in total. The highest BCUT2D eigenvalue weighted by atomic mass is 127. The lowest BCUT2D eigenvalue weighted by molar-refractivity contribution is -0.119. The molecule has 0 aliphatic heterocycles. The Balaban J connectivity index is 0.00000480. The Bertz CT molecular complexity index is 874. The number of amides is 1. The van der Waals surface area contributed by atoms with Crippen LogP contribution in [0.1, 0.15) is 32.8 Å². The van der Waals surface area contributed by atoms with Crippen LogP contribution < -0.4 is 25.4 Å². The molecule has 2 rings (SSSR count). The molecule has 0 bridgehead atoms. The van der Waals surface area contributed by atoms with Crippen molar-refractivity contribution >= 4 is 47.2 Å². The van der Waals surface area contributed by atoms with Gasteiger partial charge in [-0.05, 0) is 43.2 Å². The molecule has 8 heteroatoms. The zero-order valence-electron chi connectivity index (χ0n) is 18.8. The van der Waals surface area contributed by atoms with Gasteiger partial charge in [0.25, 0.3) is 0 Å². The lowest BCUT2D eigenvalue weighted by atomic mass is 10.1. The third-order valence-corrected chi connectivity index (χ3v) is 4.66. The molecule has 2 aromatic rings. The third-order valence-electron chi connectivity index (χ3n) is 4.66. The van der Waals surface area contributed by atoms with Crippen molar-refractivity contribution in [1.82, 2.24) is 5.32 Å². The predicted molar refractivity (Wildman–Crippen MR) is 138 cm³/mol. The summed E-state index contributed by atoms with van der Waals surface area (Å²) in [6.07, 6.45) is 0.811. The largest absolute Gasteiger partial charge is 0.493 e. The van der Waals surface area contributed by atoms with Crippen molar-refractivity contribution < 1.29 is 14.3 Å². The SMILES string of the molecule is CCOc1ccc(NC(=NC)NCc2cccc(NC(=O)C(C)CC)c2)cc1OC.I. The van der Waals surface area contributed by atoms with E-state index in [1.54, 1.807) is 14.2 Å². The summed E-state index contributed by atoms with van der Waals surface area (Å²) in [5.74, 6) is 1.99. The number of anilines is 2. The topological polar surface area (TPSA) is 84.0 Å². The Morgan fingerprint density at radius 3 is 2.45 bits per heavy atom. The Morgan fingerprint density at radius 2 is 1.81 bits per heavy atom. The van der Waals surface area contributed by atoms with Crippen molar-refractivity contribution in [3.63, 3.8) is 0 Å². The van der Waals surface area contributed by atoms with Crippen molar-refractivity contribution in [2.75, 3.05) is 31.4 Å². The fourth-order valence-electron chi connectivity index (χ4n) is 2.73. The number of hydrogen-bond acceptors (Lipinski definition) is 4. The molecule has 7 nitrogen and oxygen atoms in total. The maximum absolute atomic E-state index is 12.1. The van der Waals surface area contributed by atoms with E-state index >= 15 is 0 Å². The lowest BCUT2D eigenvalue weighted by Gasteiger charge is -2.15. The smallest absolute Gasteiger partial charge is 0.227 e. The number of rotatable bonds is 9. The fraction of sp³-hybridized carbons (Fsp3) is 0.391. The van der Waals surface area contributed by atoms with E-state index in [9.17, 15) is 4.79 Å². The monoisotopic (exact) mass is 540 g/mol. The molecule has 0 saturated carbocycles. The van der Waals surface area contributed by atoms with Crippen molar-refractivity contribution in [3.8, 4) is 11.5 Å². The first-order chi connectivity index (χ1) is 14.5. The number of methoxy groups -OCH3 is 1. The second-order valence-corrected chi connectivity index (χ2v) is 6.85. The van der Waals surface area contributed by atoms with E-state index in [1.807, 2.05) is 63.2 Å². The number of benzene rings is 2. The van der Waals surface area contributed by atoms with Gasteiger partial charge in [0.05, 0.1) is 13.7 Å². The quantitative estimate of drug-likeness (QED) is 0.240. The van der Waals surface area contributed by atoms with Crippen LogP contribution in [0.3, 0.4) is 0 Å². The average Bonchev–Trinajstić information content (AvgIpc) is 2.77. The Kier molecular flexibility index (Phi) is 11.8. The molecule has 0 aromatic heterocycles. The van der Waals surface area contributed by atoms with Crippen LogP contribution in [-0.4, -0.2) is 32.6 Å². The van der Waals surface area contributed by atoms with E-state index in [-0.39, 0.29) is 35.8 Å². The number of guanidine groups is 1. The molecule has 1 amide bonds. The van der Waals surface area contributed by atoms with Crippen molar-refractivity contribution in [3.05, 3.63) is 48.0 Å². The van der Waals surface area contributed by atoms with Crippen LogP contribution in [0.2, 0.25) is 0 Å². The number of nitrogens with zero attached hydrogens (tertiary/aromatic N) is 1. The first-order valence-corrected chi connectivity index (χ1v) is 10.2. The predicted octanol–water partition coefficient (Wildman–Crippen LogP) is 4.88. The summed E-state index contributed by atoms with van der Waals surface area (Å²) in [5, 5.41) is 9.49. The maximum Gasteiger partial charge on any atom is 0.227 e. The number of nitrogens with one attached hydrogen (secondary N) is 3. The molecule has 0 aliphatic carbocycles. The molecule has 0 heterocycles. The van der Waals surface area contributed by atoms with Gasteiger partial charge in [0.1, 0.15) is 0 Å². The van der Waals surface area contributed by atoms with Gasteiger partial charge in [0.15, 0.2) is 17.5 Å². The standard InChI is InChI=1S/C23H32N4O3.HI/c1-6-16(3)22(28)26-18-10-8-9-17(13-18)15-25-23(24-4)27-19-11-12-20(30-7-2)21(14-19)29-5;/h8-14,16H,6-7,15H2,1-5H3,(H,26,28)(H2,24,25,27);1H. The molecule has 2 aromatic carbocycles. The molecule has 0 spiro atoms. The van der Waals surface area contributed by atoms with E-state index < -0.39 is 0 Å². The van der Waals surface area contributed by atoms with Gasteiger partial charge in [0.2, 0.25) is 5.91 Å². The molecule has 1 atom stereocenters. The van der Waals surface area contributed by atoms with E-state index in [1.165, 1.54) is 0 Å². The van der Waals surface area contributed by atoms with Crippen LogP contribution in [0, 0.1) is 5.92 Å². The number of aliphatic imine (C=N–C) groups is 1. The minimum absolute atomic E-state index is 0. The van der Waals surface area contributed by atoms with Gasteiger partial charge in [-0.1, -0.05) is 26.0 Å². The zero-order chi connectivity index (χ0) is 21.9. The summed E-state index contributed by atoms with van der Waals surface area (Å²) in [4.78, 5) is 16.4. The molecule has 0 saturated heterocycles. The van der Waals surface area contributed by atoms with E-state index in [0.29, 0.717) is 30.6 Å². The minimum Gasteiger partial charge on any atom is -0.493 e. The summed E-state index contributed by atoms with van der Waals surface area (Å²) in [5.41, 5.74) is 2.65. The molecular formula is C23H33IN4O3. The molecular weight excluding hydrogens is 507 g/mol. The van der Waals surface area contributed by atoms with E-state index in [0.717, 1.165) is 23.4 Å². The summed E-state index contributed by atoms with van der Waals surface area (Å²) in [6.45, 7) is 6.99.